The van der Waals surface area contributed by atoms with Gasteiger partial charge in [0.25, 0.3) is 0 Å². The molecule has 0 aliphatic heterocycles. The minimum absolute atomic E-state index is 0.218. The molecule has 0 fully saturated rings. The predicted octanol–water partition coefficient (Wildman–Crippen LogP) is 4.56. The summed E-state index contributed by atoms with van der Waals surface area (Å²) in [5.74, 6) is 0. The highest BCUT2D eigenvalue weighted by atomic mass is 79.9. The third-order valence-corrected chi connectivity index (χ3v) is 6.12. The van der Waals surface area contributed by atoms with Crippen LogP contribution in [0.5, 0.6) is 0 Å². The maximum absolute atomic E-state index is 12.5. The number of halogens is 2. The summed E-state index contributed by atoms with van der Waals surface area (Å²) in [5.41, 5.74) is 2.07. The summed E-state index contributed by atoms with van der Waals surface area (Å²) in [6.45, 7) is 3.82. The number of sulfonamides is 1. The fourth-order valence-corrected chi connectivity index (χ4v) is 4.64. The molecular formula is C15H15Br2NO2S. The van der Waals surface area contributed by atoms with E-state index in [0.717, 1.165) is 11.1 Å². The second-order valence-electron chi connectivity index (χ2n) is 4.83. The lowest BCUT2D eigenvalue weighted by Gasteiger charge is -2.16. The SMILES string of the molecule is Cc1ccc(C(C)NS(=O)(=O)c2cc(Br)ccc2Br)cc1. The van der Waals surface area contributed by atoms with Gasteiger partial charge in [-0.1, -0.05) is 45.8 Å². The molecule has 0 aliphatic carbocycles. The Morgan fingerprint density at radius 3 is 2.29 bits per heavy atom. The zero-order valence-corrected chi connectivity index (χ0v) is 15.6. The van der Waals surface area contributed by atoms with Crippen LogP contribution >= 0.6 is 31.9 Å². The van der Waals surface area contributed by atoms with Crippen molar-refractivity contribution in [2.24, 2.45) is 0 Å². The van der Waals surface area contributed by atoms with Crippen molar-refractivity contribution >= 4 is 41.9 Å². The average molecular weight is 433 g/mol. The van der Waals surface area contributed by atoms with Crippen molar-refractivity contribution in [1.29, 1.82) is 0 Å². The van der Waals surface area contributed by atoms with E-state index >= 15 is 0 Å². The van der Waals surface area contributed by atoms with Crippen molar-refractivity contribution in [2.45, 2.75) is 24.8 Å². The second kappa shape index (κ2) is 6.60. The quantitative estimate of drug-likeness (QED) is 0.769. The molecule has 1 N–H and O–H groups in total. The fourth-order valence-electron chi connectivity index (χ4n) is 1.90. The molecule has 0 spiro atoms. The average Bonchev–Trinajstić information content (AvgIpc) is 2.41. The van der Waals surface area contributed by atoms with E-state index in [2.05, 4.69) is 36.6 Å². The molecule has 0 aromatic heterocycles. The van der Waals surface area contributed by atoms with Crippen molar-refractivity contribution in [2.75, 3.05) is 0 Å². The maximum atomic E-state index is 12.5. The van der Waals surface area contributed by atoms with Crippen molar-refractivity contribution < 1.29 is 8.42 Å². The molecule has 0 aliphatic rings. The van der Waals surface area contributed by atoms with Gasteiger partial charge in [-0.15, -0.1) is 0 Å². The Morgan fingerprint density at radius 1 is 1.05 bits per heavy atom. The van der Waals surface area contributed by atoms with Crippen LogP contribution in [0.2, 0.25) is 0 Å². The van der Waals surface area contributed by atoms with Crippen LogP contribution in [0, 0.1) is 6.92 Å². The smallest absolute Gasteiger partial charge is 0.207 e. The maximum Gasteiger partial charge on any atom is 0.242 e. The van der Waals surface area contributed by atoms with Gasteiger partial charge in [-0.25, -0.2) is 13.1 Å². The molecular weight excluding hydrogens is 418 g/mol. The topological polar surface area (TPSA) is 46.2 Å². The van der Waals surface area contributed by atoms with Gasteiger partial charge < -0.3 is 0 Å². The van der Waals surface area contributed by atoms with Crippen molar-refractivity contribution in [3.8, 4) is 0 Å². The van der Waals surface area contributed by atoms with Crippen LogP contribution in [0.15, 0.2) is 56.3 Å². The number of nitrogens with one attached hydrogen (secondary N) is 1. The molecule has 1 unspecified atom stereocenters. The molecule has 2 rings (SSSR count). The second-order valence-corrected chi connectivity index (χ2v) is 8.28. The molecule has 0 saturated heterocycles. The van der Waals surface area contributed by atoms with E-state index in [4.69, 9.17) is 0 Å². The first-order valence-electron chi connectivity index (χ1n) is 6.33. The van der Waals surface area contributed by atoms with Crippen LogP contribution in [0.1, 0.15) is 24.1 Å². The molecule has 0 saturated carbocycles. The van der Waals surface area contributed by atoms with Gasteiger partial charge in [0.05, 0.1) is 4.90 Å². The molecule has 1 atom stereocenters. The van der Waals surface area contributed by atoms with E-state index in [9.17, 15) is 8.42 Å². The highest BCUT2D eigenvalue weighted by Gasteiger charge is 2.21. The Kier molecular flexibility index (Phi) is 5.24. The summed E-state index contributed by atoms with van der Waals surface area (Å²) >= 11 is 6.58. The van der Waals surface area contributed by atoms with E-state index in [1.165, 1.54) is 0 Å². The predicted molar refractivity (Wildman–Crippen MR) is 91.8 cm³/mol. The van der Waals surface area contributed by atoms with Crippen LogP contribution in [0.3, 0.4) is 0 Å². The first-order valence-corrected chi connectivity index (χ1v) is 9.40. The summed E-state index contributed by atoms with van der Waals surface area (Å²) < 4.78 is 28.9. The minimum Gasteiger partial charge on any atom is -0.207 e. The van der Waals surface area contributed by atoms with Gasteiger partial charge in [0.1, 0.15) is 0 Å². The Morgan fingerprint density at radius 2 is 1.67 bits per heavy atom. The molecule has 2 aromatic carbocycles. The standard InChI is InChI=1S/C15H15Br2NO2S/c1-10-3-5-12(6-4-10)11(2)18-21(19,20)15-9-13(16)7-8-14(15)17/h3-9,11,18H,1-2H3. The van der Waals surface area contributed by atoms with Gasteiger partial charge in [-0.2, -0.15) is 0 Å². The minimum atomic E-state index is -3.60. The van der Waals surface area contributed by atoms with Crippen LogP contribution in [-0.4, -0.2) is 8.42 Å². The molecule has 2 aromatic rings. The normalized spacial score (nSPS) is 13.1. The van der Waals surface area contributed by atoms with Gasteiger partial charge in [0.2, 0.25) is 10.0 Å². The summed E-state index contributed by atoms with van der Waals surface area (Å²) in [5, 5.41) is 0. The van der Waals surface area contributed by atoms with Crippen LogP contribution in [0.25, 0.3) is 0 Å². The molecule has 21 heavy (non-hydrogen) atoms. The van der Waals surface area contributed by atoms with Crippen molar-refractivity contribution in [3.63, 3.8) is 0 Å². The summed E-state index contributed by atoms with van der Waals surface area (Å²) in [6.07, 6.45) is 0. The summed E-state index contributed by atoms with van der Waals surface area (Å²) in [7, 11) is -3.60. The Balaban J connectivity index is 2.28. The van der Waals surface area contributed by atoms with Gasteiger partial charge in [0, 0.05) is 15.0 Å². The Bertz CT molecular complexity index is 743. The number of aryl methyl sites for hydroxylation is 1. The molecule has 0 amide bonds. The third-order valence-electron chi connectivity index (χ3n) is 3.09. The Hall–Kier alpha value is -0.690. The largest absolute Gasteiger partial charge is 0.242 e. The first-order chi connectivity index (χ1) is 9.79. The number of hydrogen-bond acceptors (Lipinski definition) is 2. The van der Waals surface area contributed by atoms with E-state index in [-0.39, 0.29) is 10.9 Å². The molecule has 0 heterocycles. The lowest BCUT2D eigenvalue weighted by molar-refractivity contribution is 0.566. The lowest BCUT2D eigenvalue weighted by atomic mass is 10.1. The van der Waals surface area contributed by atoms with E-state index in [1.807, 2.05) is 38.1 Å². The van der Waals surface area contributed by atoms with Crippen LogP contribution in [-0.2, 0) is 10.0 Å². The zero-order valence-electron chi connectivity index (χ0n) is 11.6. The Labute approximate surface area is 142 Å². The molecule has 6 heteroatoms. The molecule has 112 valence electrons. The number of rotatable bonds is 4. The van der Waals surface area contributed by atoms with E-state index < -0.39 is 10.0 Å². The van der Waals surface area contributed by atoms with Gasteiger partial charge in [0.15, 0.2) is 0 Å². The highest BCUT2D eigenvalue weighted by molar-refractivity contribution is 9.11. The van der Waals surface area contributed by atoms with Crippen molar-refractivity contribution in [1.82, 2.24) is 4.72 Å². The van der Waals surface area contributed by atoms with Gasteiger partial charge in [-0.05, 0) is 53.5 Å². The number of hydrogen-bond donors (Lipinski definition) is 1. The van der Waals surface area contributed by atoms with Gasteiger partial charge >= 0.3 is 0 Å². The monoisotopic (exact) mass is 431 g/mol. The molecule has 3 nitrogen and oxygen atoms in total. The van der Waals surface area contributed by atoms with Gasteiger partial charge in [-0.3, -0.25) is 0 Å². The van der Waals surface area contributed by atoms with Crippen LogP contribution < -0.4 is 4.72 Å². The lowest BCUT2D eigenvalue weighted by Crippen LogP contribution is -2.27. The van der Waals surface area contributed by atoms with E-state index in [1.54, 1.807) is 18.2 Å². The van der Waals surface area contributed by atoms with Crippen molar-refractivity contribution in [3.05, 3.63) is 62.5 Å². The van der Waals surface area contributed by atoms with Crippen LogP contribution in [0.4, 0.5) is 0 Å². The molecule has 0 bridgehead atoms. The van der Waals surface area contributed by atoms with E-state index in [0.29, 0.717) is 8.95 Å². The highest BCUT2D eigenvalue weighted by Crippen LogP contribution is 2.27. The summed E-state index contributed by atoms with van der Waals surface area (Å²) in [4.78, 5) is 0.218. The summed E-state index contributed by atoms with van der Waals surface area (Å²) in [6, 6.07) is 12.6. The zero-order chi connectivity index (χ0) is 15.6. The fraction of sp³-hybridized carbons (Fsp3) is 0.200. The third kappa shape index (κ3) is 4.16. The first kappa shape index (κ1) is 16.7. The molecule has 0 radical (unpaired) electrons. The number of benzene rings is 2.